The van der Waals surface area contributed by atoms with Crippen molar-refractivity contribution in [1.82, 2.24) is 20.2 Å². The van der Waals surface area contributed by atoms with Gasteiger partial charge < -0.3 is 15.0 Å². The molecule has 1 fully saturated rings. The standard InChI is InChI=1S/C12H20N4O/c1-12(8-16-4-6-17-7-5-16)11-10(2-3-15-12)13-9-14-11/h9,15H,2-8H2,1H3,(H,13,14). The van der Waals surface area contributed by atoms with Crippen LogP contribution in [-0.2, 0) is 16.7 Å². The molecule has 0 aromatic carbocycles. The predicted octanol–water partition coefficient (Wildman–Crippen LogP) is 0.103. The summed E-state index contributed by atoms with van der Waals surface area (Å²) in [6.07, 6.45) is 2.86. The molecule has 3 rings (SSSR count). The highest BCUT2D eigenvalue weighted by Gasteiger charge is 2.35. The summed E-state index contributed by atoms with van der Waals surface area (Å²) < 4.78 is 5.39. The lowest BCUT2D eigenvalue weighted by molar-refractivity contribution is 0.0236. The van der Waals surface area contributed by atoms with Crippen LogP contribution in [0.2, 0.25) is 0 Å². The second-order valence-electron chi connectivity index (χ2n) is 5.13. The van der Waals surface area contributed by atoms with Gasteiger partial charge in [-0.15, -0.1) is 0 Å². The monoisotopic (exact) mass is 236 g/mol. The zero-order valence-electron chi connectivity index (χ0n) is 10.3. The number of H-pyrrole nitrogens is 1. The third-order valence-electron chi connectivity index (χ3n) is 3.77. The van der Waals surface area contributed by atoms with E-state index in [0.717, 1.165) is 45.8 Å². The Morgan fingerprint density at radius 3 is 3.12 bits per heavy atom. The number of imidazole rings is 1. The second kappa shape index (κ2) is 4.40. The minimum atomic E-state index is -0.0229. The van der Waals surface area contributed by atoms with E-state index in [0.29, 0.717) is 0 Å². The van der Waals surface area contributed by atoms with Gasteiger partial charge in [0, 0.05) is 38.3 Å². The van der Waals surface area contributed by atoms with Crippen LogP contribution in [-0.4, -0.2) is 54.3 Å². The Labute approximate surface area is 102 Å². The molecule has 3 heterocycles. The molecule has 0 radical (unpaired) electrons. The van der Waals surface area contributed by atoms with Crippen molar-refractivity contribution in [2.24, 2.45) is 0 Å². The third-order valence-corrected chi connectivity index (χ3v) is 3.77. The van der Waals surface area contributed by atoms with E-state index in [4.69, 9.17) is 4.74 Å². The summed E-state index contributed by atoms with van der Waals surface area (Å²) in [5.74, 6) is 0. The Hall–Kier alpha value is -0.910. The number of hydrogen-bond donors (Lipinski definition) is 2. The van der Waals surface area contributed by atoms with Crippen LogP contribution in [0, 0.1) is 0 Å². The summed E-state index contributed by atoms with van der Waals surface area (Å²) in [7, 11) is 0. The maximum absolute atomic E-state index is 5.39. The van der Waals surface area contributed by atoms with Crippen molar-refractivity contribution in [2.45, 2.75) is 18.9 Å². The van der Waals surface area contributed by atoms with E-state index in [1.54, 1.807) is 0 Å². The molecule has 1 atom stereocenters. The Balaban J connectivity index is 1.77. The van der Waals surface area contributed by atoms with E-state index < -0.39 is 0 Å². The minimum absolute atomic E-state index is 0.0229. The lowest BCUT2D eigenvalue weighted by Crippen LogP contribution is -2.54. The number of fused-ring (bicyclic) bond motifs is 1. The molecule has 0 aliphatic carbocycles. The summed E-state index contributed by atoms with van der Waals surface area (Å²) >= 11 is 0. The molecule has 2 aliphatic heterocycles. The highest BCUT2D eigenvalue weighted by molar-refractivity contribution is 5.24. The molecule has 1 aromatic rings. The van der Waals surface area contributed by atoms with Crippen LogP contribution >= 0.6 is 0 Å². The quantitative estimate of drug-likeness (QED) is 0.765. The number of hydrogen-bond acceptors (Lipinski definition) is 4. The van der Waals surface area contributed by atoms with Crippen LogP contribution in [0.4, 0.5) is 0 Å². The fraction of sp³-hybridized carbons (Fsp3) is 0.750. The number of aromatic nitrogens is 2. The molecule has 1 aromatic heterocycles. The third kappa shape index (κ3) is 2.10. The molecule has 0 spiro atoms. The zero-order chi connectivity index (χ0) is 11.7. The summed E-state index contributed by atoms with van der Waals surface area (Å²) in [5, 5.41) is 3.62. The van der Waals surface area contributed by atoms with Crippen LogP contribution in [0.5, 0.6) is 0 Å². The zero-order valence-corrected chi connectivity index (χ0v) is 10.3. The Kier molecular flexibility index (Phi) is 2.90. The molecule has 0 bridgehead atoms. The van der Waals surface area contributed by atoms with Gasteiger partial charge in [-0.05, 0) is 6.92 Å². The van der Waals surface area contributed by atoms with E-state index in [2.05, 4.69) is 27.1 Å². The van der Waals surface area contributed by atoms with Gasteiger partial charge in [0.1, 0.15) is 0 Å². The minimum Gasteiger partial charge on any atom is -0.379 e. The van der Waals surface area contributed by atoms with Gasteiger partial charge in [0.2, 0.25) is 0 Å². The molecule has 94 valence electrons. The average molecular weight is 236 g/mol. The van der Waals surface area contributed by atoms with E-state index in [-0.39, 0.29) is 5.54 Å². The lowest BCUT2D eigenvalue weighted by Gasteiger charge is -2.39. The molecule has 2 N–H and O–H groups in total. The van der Waals surface area contributed by atoms with Crippen molar-refractivity contribution >= 4 is 0 Å². The van der Waals surface area contributed by atoms with Gasteiger partial charge in [0.15, 0.2) is 0 Å². The fourth-order valence-electron chi connectivity index (χ4n) is 2.87. The second-order valence-corrected chi connectivity index (χ2v) is 5.13. The van der Waals surface area contributed by atoms with Crippen LogP contribution in [0.15, 0.2) is 6.33 Å². The normalized spacial score (nSPS) is 30.2. The topological polar surface area (TPSA) is 53.2 Å². The van der Waals surface area contributed by atoms with E-state index >= 15 is 0 Å². The van der Waals surface area contributed by atoms with Crippen LogP contribution in [0.3, 0.4) is 0 Å². The molecule has 5 heteroatoms. The van der Waals surface area contributed by atoms with Crippen molar-refractivity contribution in [3.05, 3.63) is 17.7 Å². The van der Waals surface area contributed by atoms with Crippen LogP contribution in [0.1, 0.15) is 18.3 Å². The van der Waals surface area contributed by atoms with Gasteiger partial charge >= 0.3 is 0 Å². The summed E-state index contributed by atoms with van der Waals surface area (Å²) in [6.45, 7) is 8.03. The number of morpholine rings is 1. The number of ether oxygens (including phenoxy) is 1. The highest BCUT2D eigenvalue weighted by Crippen LogP contribution is 2.26. The maximum Gasteiger partial charge on any atom is 0.0926 e. The van der Waals surface area contributed by atoms with Gasteiger partial charge in [0.05, 0.1) is 30.8 Å². The van der Waals surface area contributed by atoms with E-state index in [1.165, 1.54) is 11.4 Å². The fourth-order valence-corrected chi connectivity index (χ4v) is 2.87. The van der Waals surface area contributed by atoms with Crippen LogP contribution in [0.25, 0.3) is 0 Å². The molecular weight excluding hydrogens is 216 g/mol. The van der Waals surface area contributed by atoms with Crippen LogP contribution < -0.4 is 5.32 Å². The van der Waals surface area contributed by atoms with Crippen molar-refractivity contribution in [3.8, 4) is 0 Å². The first kappa shape index (κ1) is 11.2. The largest absolute Gasteiger partial charge is 0.379 e. The summed E-state index contributed by atoms with van der Waals surface area (Å²) in [5.41, 5.74) is 2.46. The number of rotatable bonds is 2. The molecule has 2 aliphatic rings. The van der Waals surface area contributed by atoms with Gasteiger partial charge in [-0.3, -0.25) is 4.90 Å². The molecule has 5 nitrogen and oxygen atoms in total. The molecular formula is C12H20N4O. The van der Waals surface area contributed by atoms with Gasteiger partial charge in [-0.1, -0.05) is 0 Å². The lowest BCUT2D eigenvalue weighted by atomic mass is 9.90. The average Bonchev–Trinajstić information content (AvgIpc) is 2.80. The molecule has 17 heavy (non-hydrogen) atoms. The molecule has 1 saturated heterocycles. The van der Waals surface area contributed by atoms with Crippen molar-refractivity contribution in [2.75, 3.05) is 39.4 Å². The predicted molar refractivity (Wildman–Crippen MR) is 64.9 cm³/mol. The van der Waals surface area contributed by atoms with Crippen molar-refractivity contribution in [3.63, 3.8) is 0 Å². The first-order chi connectivity index (χ1) is 8.28. The molecule has 1 unspecified atom stereocenters. The summed E-state index contributed by atoms with van der Waals surface area (Å²) in [4.78, 5) is 10.2. The number of nitrogens with zero attached hydrogens (tertiary/aromatic N) is 2. The van der Waals surface area contributed by atoms with Crippen molar-refractivity contribution in [1.29, 1.82) is 0 Å². The first-order valence-electron chi connectivity index (χ1n) is 6.36. The van der Waals surface area contributed by atoms with E-state index in [9.17, 15) is 0 Å². The Morgan fingerprint density at radius 1 is 1.47 bits per heavy atom. The smallest absolute Gasteiger partial charge is 0.0926 e. The summed E-state index contributed by atoms with van der Waals surface area (Å²) in [6, 6.07) is 0. The molecule has 0 saturated carbocycles. The Morgan fingerprint density at radius 2 is 2.29 bits per heavy atom. The highest BCUT2D eigenvalue weighted by atomic mass is 16.5. The number of nitrogens with one attached hydrogen (secondary N) is 2. The Bertz CT molecular complexity index is 386. The SMILES string of the molecule is CC1(CN2CCOCC2)NCCc2[nH]cnc21. The van der Waals surface area contributed by atoms with Gasteiger partial charge in [-0.2, -0.15) is 0 Å². The van der Waals surface area contributed by atoms with Gasteiger partial charge in [-0.25, -0.2) is 4.98 Å². The molecule has 0 amide bonds. The van der Waals surface area contributed by atoms with Gasteiger partial charge in [0.25, 0.3) is 0 Å². The van der Waals surface area contributed by atoms with Crippen molar-refractivity contribution < 1.29 is 4.74 Å². The number of aromatic amines is 1. The van der Waals surface area contributed by atoms with E-state index in [1.807, 2.05) is 6.33 Å². The first-order valence-corrected chi connectivity index (χ1v) is 6.36. The maximum atomic E-state index is 5.39.